The van der Waals surface area contributed by atoms with Gasteiger partial charge in [0.1, 0.15) is 0 Å². The van der Waals surface area contributed by atoms with Gasteiger partial charge >= 0.3 is 11.9 Å². The second-order valence-corrected chi connectivity index (χ2v) is 6.00. The molecule has 0 radical (unpaired) electrons. The van der Waals surface area contributed by atoms with Gasteiger partial charge < -0.3 is 4.74 Å². The maximum Gasteiger partial charge on any atom is 0.330 e. The lowest BCUT2D eigenvalue weighted by molar-refractivity contribution is -0.289. The van der Waals surface area contributed by atoms with Crippen LogP contribution in [0.25, 0.3) is 0 Å². The van der Waals surface area contributed by atoms with Crippen molar-refractivity contribution in [2.75, 3.05) is 6.61 Å². The van der Waals surface area contributed by atoms with Crippen LogP contribution in [0.5, 0.6) is 0 Å². The van der Waals surface area contributed by atoms with Gasteiger partial charge in [-0.25, -0.2) is 26.7 Å². The van der Waals surface area contributed by atoms with Gasteiger partial charge in [0.25, 0.3) is 11.6 Å². The van der Waals surface area contributed by atoms with Crippen molar-refractivity contribution in [1.82, 2.24) is 0 Å². The molecule has 0 N–H and O–H groups in total. The van der Waals surface area contributed by atoms with Crippen LogP contribution in [0, 0.1) is 0 Å². The molecule has 25 heavy (non-hydrogen) atoms. The molecule has 0 aromatic rings. The number of allylic oxidation sites excluding steroid dienone is 2. The zero-order chi connectivity index (χ0) is 20.3. The van der Waals surface area contributed by atoms with Crippen LogP contribution in [0.15, 0.2) is 24.8 Å². The van der Waals surface area contributed by atoms with E-state index < -0.39 is 47.8 Å². The summed E-state index contributed by atoms with van der Waals surface area (Å²) in [5, 5.41) is 0. The Labute approximate surface area is 141 Å². The molecule has 0 aromatic heterocycles. The van der Waals surface area contributed by atoms with Crippen LogP contribution in [-0.2, 0) is 9.53 Å². The third-order valence-electron chi connectivity index (χ3n) is 4.04. The maximum atomic E-state index is 14.7. The van der Waals surface area contributed by atoms with E-state index in [-0.39, 0.29) is 19.9 Å². The lowest BCUT2D eigenvalue weighted by atomic mass is 9.73. The molecule has 0 aromatic carbocycles. The second-order valence-electron chi connectivity index (χ2n) is 6.00. The van der Waals surface area contributed by atoms with Crippen molar-refractivity contribution < 1.29 is 40.3 Å². The number of hydrogen-bond acceptors (Lipinski definition) is 2. The summed E-state index contributed by atoms with van der Waals surface area (Å²) in [4.78, 5) is 10.8. The summed E-state index contributed by atoms with van der Waals surface area (Å²) in [6.45, 7) is 3.38. The highest BCUT2D eigenvalue weighted by molar-refractivity contribution is 5.81. The van der Waals surface area contributed by atoms with Crippen LogP contribution in [0.3, 0.4) is 0 Å². The number of halogens is 7. The molecule has 0 aliphatic carbocycles. The summed E-state index contributed by atoms with van der Waals surface area (Å²) in [5.74, 6) is -11.2. The summed E-state index contributed by atoms with van der Waals surface area (Å²) < 4.78 is 104. The molecule has 0 aliphatic heterocycles. The molecule has 9 heteroatoms. The summed E-state index contributed by atoms with van der Waals surface area (Å²) in [5.41, 5.74) is -12.6. The third-order valence-corrected chi connectivity index (χ3v) is 4.04. The van der Waals surface area contributed by atoms with Gasteiger partial charge in [-0.3, -0.25) is 0 Å². The van der Waals surface area contributed by atoms with E-state index in [1.165, 1.54) is 0 Å². The highest BCUT2D eigenvalue weighted by Crippen LogP contribution is 2.56. The van der Waals surface area contributed by atoms with Gasteiger partial charge in [-0.2, -0.15) is 8.78 Å². The van der Waals surface area contributed by atoms with Gasteiger partial charge in [-0.15, -0.1) is 0 Å². The van der Waals surface area contributed by atoms with Gasteiger partial charge in [0.2, 0.25) is 5.67 Å². The number of rotatable bonds is 9. The number of carbonyl (C=O) groups is 1. The van der Waals surface area contributed by atoms with Gasteiger partial charge in [-0.1, -0.05) is 12.7 Å². The lowest BCUT2D eigenvalue weighted by Gasteiger charge is -2.46. The molecule has 3 unspecified atom stereocenters. The fraction of sp³-hybridized carbons (Fsp3) is 0.688. The highest BCUT2D eigenvalue weighted by atomic mass is 19.3. The van der Waals surface area contributed by atoms with Crippen molar-refractivity contribution in [3.05, 3.63) is 24.8 Å². The Hall–Kier alpha value is -1.54. The summed E-state index contributed by atoms with van der Waals surface area (Å²) in [6.07, 6.45) is -0.0487. The molecule has 0 amide bonds. The first kappa shape index (κ1) is 23.5. The van der Waals surface area contributed by atoms with E-state index in [4.69, 9.17) is 0 Å². The Balaban J connectivity index is 5.83. The van der Waals surface area contributed by atoms with Crippen molar-refractivity contribution in [2.24, 2.45) is 0 Å². The third kappa shape index (κ3) is 4.17. The normalized spacial score (nSPS) is 20.4. The number of carbonyl (C=O) groups excluding carboxylic acids is 1. The molecule has 0 fully saturated rings. The SMILES string of the molecule is C=CC(=O)OCCC(C)(F)C(C)(F)C(F)(F)C(F)(/C=C/C)C(C)(F)F. The zero-order valence-electron chi connectivity index (χ0n) is 14.3. The van der Waals surface area contributed by atoms with Crippen LogP contribution >= 0.6 is 0 Å². The van der Waals surface area contributed by atoms with Crippen molar-refractivity contribution in [1.29, 1.82) is 0 Å². The standard InChI is InChI=1S/C16H21F7O2/c1-6-8-15(21,14(5,19)20)16(22,23)13(4,18)12(3,17)9-10-25-11(24)7-2/h6-8H,2,9-10H2,1,3-5H3/b8-6+. The second kappa shape index (κ2) is 7.37. The van der Waals surface area contributed by atoms with E-state index >= 15 is 0 Å². The van der Waals surface area contributed by atoms with Crippen molar-refractivity contribution in [3.8, 4) is 0 Å². The largest absolute Gasteiger partial charge is 0.462 e. The molecule has 3 atom stereocenters. The first-order valence-electron chi connectivity index (χ1n) is 7.27. The lowest BCUT2D eigenvalue weighted by Crippen LogP contribution is -2.68. The van der Waals surface area contributed by atoms with Crippen molar-refractivity contribution in [2.45, 2.75) is 63.0 Å². The number of hydrogen-bond donors (Lipinski definition) is 0. The van der Waals surface area contributed by atoms with Gasteiger partial charge in [0.15, 0.2) is 5.67 Å². The minimum absolute atomic E-state index is 0.00804. The molecule has 0 aliphatic rings. The van der Waals surface area contributed by atoms with Gasteiger partial charge in [0, 0.05) is 19.4 Å². The summed E-state index contributed by atoms with van der Waals surface area (Å²) >= 11 is 0. The Morgan fingerprint density at radius 3 is 1.88 bits per heavy atom. The van der Waals surface area contributed by atoms with Crippen LogP contribution < -0.4 is 0 Å². The van der Waals surface area contributed by atoms with E-state index in [1.54, 1.807) is 0 Å². The Morgan fingerprint density at radius 2 is 1.52 bits per heavy atom. The van der Waals surface area contributed by atoms with E-state index in [9.17, 15) is 35.5 Å². The minimum atomic E-state index is -5.45. The molecule has 146 valence electrons. The Morgan fingerprint density at radius 1 is 1.04 bits per heavy atom. The smallest absolute Gasteiger partial charge is 0.330 e. The first-order valence-corrected chi connectivity index (χ1v) is 7.27. The number of alkyl halides is 7. The summed E-state index contributed by atoms with van der Waals surface area (Å²) in [7, 11) is 0. The maximum absolute atomic E-state index is 14.7. The molecule has 0 rings (SSSR count). The van der Waals surface area contributed by atoms with Crippen LogP contribution in [0.2, 0.25) is 0 Å². The first-order chi connectivity index (χ1) is 11.0. The predicted molar refractivity (Wildman–Crippen MR) is 79.0 cm³/mol. The van der Waals surface area contributed by atoms with E-state index in [1.807, 2.05) is 0 Å². The fourth-order valence-electron chi connectivity index (χ4n) is 2.06. The van der Waals surface area contributed by atoms with Crippen molar-refractivity contribution in [3.63, 3.8) is 0 Å². The molecule has 0 bridgehead atoms. The monoisotopic (exact) mass is 378 g/mol. The minimum Gasteiger partial charge on any atom is -0.462 e. The molecule has 0 saturated heterocycles. The van der Waals surface area contributed by atoms with E-state index in [0.717, 1.165) is 6.92 Å². The molecular weight excluding hydrogens is 357 g/mol. The molecule has 0 saturated carbocycles. The van der Waals surface area contributed by atoms with Crippen LogP contribution in [0.1, 0.15) is 34.1 Å². The molecule has 2 nitrogen and oxygen atoms in total. The molecule has 0 heterocycles. The van der Waals surface area contributed by atoms with Crippen LogP contribution in [-0.4, -0.2) is 41.4 Å². The Bertz CT molecular complexity index is 521. The van der Waals surface area contributed by atoms with E-state index in [2.05, 4.69) is 11.3 Å². The highest BCUT2D eigenvalue weighted by Gasteiger charge is 2.77. The fourth-order valence-corrected chi connectivity index (χ4v) is 2.06. The van der Waals surface area contributed by atoms with Gasteiger partial charge in [0.05, 0.1) is 6.61 Å². The van der Waals surface area contributed by atoms with Gasteiger partial charge in [-0.05, 0) is 26.8 Å². The van der Waals surface area contributed by atoms with Crippen LogP contribution in [0.4, 0.5) is 30.7 Å². The number of ether oxygens (including phenoxy) is 1. The molecule has 0 spiro atoms. The summed E-state index contributed by atoms with van der Waals surface area (Å²) in [6, 6.07) is 0. The zero-order valence-corrected chi connectivity index (χ0v) is 14.3. The average Bonchev–Trinajstić information content (AvgIpc) is 2.45. The topological polar surface area (TPSA) is 26.3 Å². The predicted octanol–water partition coefficient (Wildman–Crippen LogP) is 5.14. The number of esters is 1. The van der Waals surface area contributed by atoms with Crippen molar-refractivity contribution >= 4 is 5.97 Å². The quantitative estimate of drug-likeness (QED) is 0.240. The Kier molecular flexibility index (Phi) is 6.92. The van der Waals surface area contributed by atoms with E-state index in [0.29, 0.717) is 19.1 Å². The average molecular weight is 378 g/mol. The molecular formula is C16H21F7O2.